The first-order valence-electron chi connectivity index (χ1n) is 5.89. The van der Waals surface area contributed by atoms with Crippen LogP contribution in [0.5, 0.6) is 11.5 Å². The summed E-state index contributed by atoms with van der Waals surface area (Å²) in [6.45, 7) is 3.56. The fourth-order valence-corrected chi connectivity index (χ4v) is 2.14. The molecule has 0 aliphatic rings. The first kappa shape index (κ1) is 14.0. The van der Waals surface area contributed by atoms with Crippen molar-refractivity contribution in [3.63, 3.8) is 0 Å². The number of hydrogen-bond acceptors (Lipinski definition) is 2. The lowest BCUT2D eigenvalue weighted by Crippen LogP contribution is -1.94. The first-order valence-corrected chi connectivity index (χ1v) is 6.68. The van der Waals surface area contributed by atoms with E-state index in [1.165, 1.54) is 6.07 Å². The molecule has 1 atom stereocenters. The van der Waals surface area contributed by atoms with Gasteiger partial charge in [-0.3, -0.25) is 0 Å². The Morgan fingerprint density at radius 1 is 1.16 bits per heavy atom. The molecule has 19 heavy (non-hydrogen) atoms. The Morgan fingerprint density at radius 2 is 1.89 bits per heavy atom. The topological polar surface area (TPSA) is 29.5 Å². The van der Waals surface area contributed by atoms with Crippen LogP contribution in [0.25, 0.3) is 0 Å². The number of benzene rings is 2. The number of rotatable bonds is 3. The first-order chi connectivity index (χ1) is 8.97. The minimum absolute atomic E-state index is 0.186. The molecule has 0 aliphatic heterocycles. The van der Waals surface area contributed by atoms with E-state index in [0.29, 0.717) is 10.2 Å². The smallest absolute Gasteiger partial charge is 0.165 e. The molecular weight excluding hydrogens is 311 g/mol. The summed E-state index contributed by atoms with van der Waals surface area (Å²) in [5, 5.41) is 9.49. The van der Waals surface area contributed by atoms with Crippen LogP contribution >= 0.6 is 15.9 Å². The third-order valence-electron chi connectivity index (χ3n) is 2.74. The highest BCUT2D eigenvalue weighted by Gasteiger charge is 2.10. The quantitative estimate of drug-likeness (QED) is 0.883. The van der Waals surface area contributed by atoms with Crippen LogP contribution in [0.4, 0.5) is 4.39 Å². The highest BCUT2D eigenvalue weighted by molar-refractivity contribution is 9.10. The maximum atomic E-state index is 13.6. The molecule has 0 saturated carbocycles. The third-order valence-corrected chi connectivity index (χ3v) is 3.36. The van der Waals surface area contributed by atoms with Gasteiger partial charge in [-0.15, -0.1) is 0 Å². The summed E-state index contributed by atoms with van der Waals surface area (Å²) in [6, 6.07) is 9.92. The molecule has 0 unspecified atom stereocenters. The maximum Gasteiger partial charge on any atom is 0.165 e. The summed E-state index contributed by atoms with van der Waals surface area (Å²) in [6.07, 6.45) is -0.555. The molecule has 0 amide bonds. The maximum absolute atomic E-state index is 13.6. The summed E-state index contributed by atoms with van der Waals surface area (Å²) in [4.78, 5) is 0. The van der Waals surface area contributed by atoms with E-state index in [2.05, 4.69) is 15.9 Å². The van der Waals surface area contributed by atoms with E-state index in [1.807, 2.05) is 6.92 Å². The van der Waals surface area contributed by atoms with Crippen molar-refractivity contribution in [2.24, 2.45) is 0 Å². The Bertz CT molecular complexity index is 597. The minimum atomic E-state index is -0.555. The molecule has 2 aromatic rings. The van der Waals surface area contributed by atoms with E-state index < -0.39 is 11.9 Å². The number of aliphatic hydroxyl groups excluding tert-OH is 1. The van der Waals surface area contributed by atoms with Crippen LogP contribution < -0.4 is 4.74 Å². The van der Waals surface area contributed by atoms with Gasteiger partial charge < -0.3 is 9.84 Å². The zero-order chi connectivity index (χ0) is 14.0. The number of aryl methyl sites for hydroxylation is 1. The Balaban J connectivity index is 2.31. The van der Waals surface area contributed by atoms with Crippen molar-refractivity contribution in [2.75, 3.05) is 0 Å². The average Bonchev–Trinajstić information content (AvgIpc) is 2.36. The Hall–Kier alpha value is -1.39. The van der Waals surface area contributed by atoms with E-state index in [4.69, 9.17) is 4.74 Å². The van der Waals surface area contributed by atoms with Crippen molar-refractivity contribution >= 4 is 15.9 Å². The minimum Gasteiger partial charge on any atom is -0.453 e. The van der Waals surface area contributed by atoms with Gasteiger partial charge in [-0.2, -0.15) is 0 Å². The lowest BCUT2D eigenvalue weighted by atomic mass is 10.1. The lowest BCUT2D eigenvalue weighted by Gasteiger charge is -2.11. The molecule has 0 aliphatic carbocycles. The number of halogens is 2. The van der Waals surface area contributed by atoms with Gasteiger partial charge in [-0.25, -0.2) is 4.39 Å². The molecular formula is C15H14BrFO2. The molecule has 0 heterocycles. The van der Waals surface area contributed by atoms with Crippen LogP contribution in [0.15, 0.2) is 40.9 Å². The summed E-state index contributed by atoms with van der Waals surface area (Å²) in [5.41, 5.74) is 1.69. The van der Waals surface area contributed by atoms with Gasteiger partial charge in [-0.1, -0.05) is 12.1 Å². The van der Waals surface area contributed by atoms with Crippen LogP contribution in [-0.2, 0) is 0 Å². The van der Waals surface area contributed by atoms with Gasteiger partial charge in [-0.05, 0) is 65.2 Å². The highest BCUT2D eigenvalue weighted by atomic mass is 79.9. The summed E-state index contributed by atoms with van der Waals surface area (Å²) < 4.78 is 19.8. The van der Waals surface area contributed by atoms with Gasteiger partial charge in [0.1, 0.15) is 5.75 Å². The molecule has 0 spiro atoms. The van der Waals surface area contributed by atoms with Crippen molar-refractivity contribution in [1.82, 2.24) is 0 Å². The zero-order valence-corrected chi connectivity index (χ0v) is 12.2. The van der Waals surface area contributed by atoms with E-state index in [-0.39, 0.29) is 5.75 Å². The van der Waals surface area contributed by atoms with Crippen molar-refractivity contribution in [1.29, 1.82) is 0 Å². The molecule has 0 fully saturated rings. The Morgan fingerprint density at radius 3 is 2.53 bits per heavy atom. The molecule has 2 rings (SSSR count). The third kappa shape index (κ3) is 3.33. The van der Waals surface area contributed by atoms with Crippen LogP contribution in [0, 0.1) is 12.7 Å². The second-order valence-electron chi connectivity index (χ2n) is 4.40. The number of hydrogen-bond donors (Lipinski definition) is 1. The molecule has 0 bridgehead atoms. The second kappa shape index (κ2) is 5.72. The number of ether oxygens (including phenoxy) is 1. The second-order valence-corrected chi connectivity index (χ2v) is 5.26. The van der Waals surface area contributed by atoms with E-state index in [0.717, 1.165) is 11.1 Å². The predicted molar refractivity (Wildman–Crippen MR) is 76.0 cm³/mol. The van der Waals surface area contributed by atoms with Gasteiger partial charge in [0.05, 0.1) is 10.6 Å². The van der Waals surface area contributed by atoms with Gasteiger partial charge in [0.25, 0.3) is 0 Å². The molecule has 100 valence electrons. The molecule has 0 aromatic heterocycles. The molecule has 2 nitrogen and oxygen atoms in total. The summed E-state index contributed by atoms with van der Waals surface area (Å²) in [5.74, 6) is 0.288. The van der Waals surface area contributed by atoms with Gasteiger partial charge in [0.15, 0.2) is 11.6 Å². The van der Waals surface area contributed by atoms with Crippen LogP contribution in [0.3, 0.4) is 0 Å². The fraction of sp³-hybridized carbons (Fsp3) is 0.200. The summed E-state index contributed by atoms with van der Waals surface area (Å²) >= 11 is 3.36. The molecule has 1 N–H and O–H groups in total. The SMILES string of the molecule is Cc1ccc(F)c(Oc2ccc([C@@H](C)O)cc2Br)c1. The van der Waals surface area contributed by atoms with E-state index in [1.54, 1.807) is 37.3 Å². The number of aliphatic hydroxyl groups is 1. The fourth-order valence-electron chi connectivity index (χ4n) is 1.67. The standard InChI is InChI=1S/C15H14BrFO2/c1-9-3-5-13(17)15(7-9)19-14-6-4-11(10(2)18)8-12(14)16/h3-8,10,18H,1-2H3/t10-/m1/s1. The van der Waals surface area contributed by atoms with Crippen molar-refractivity contribution < 1.29 is 14.2 Å². The Labute approximate surface area is 120 Å². The van der Waals surface area contributed by atoms with Gasteiger partial charge in [0.2, 0.25) is 0 Å². The van der Waals surface area contributed by atoms with Crippen molar-refractivity contribution in [3.8, 4) is 11.5 Å². The lowest BCUT2D eigenvalue weighted by molar-refractivity contribution is 0.199. The average molecular weight is 325 g/mol. The van der Waals surface area contributed by atoms with Crippen molar-refractivity contribution in [2.45, 2.75) is 20.0 Å². The normalized spacial score (nSPS) is 12.3. The molecule has 4 heteroatoms. The predicted octanol–water partition coefficient (Wildman–Crippen LogP) is 4.74. The van der Waals surface area contributed by atoms with E-state index >= 15 is 0 Å². The van der Waals surface area contributed by atoms with Gasteiger partial charge in [0, 0.05) is 0 Å². The molecule has 0 saturated heterocycles. The van der Waals surface area contributed by atoms with E-state index in [9.17, 15) is 9.50 Å². The Kier molecular flexibility index (Phi) is 4.22. The van der Waals surface area contributed by atoms with Gasteiger partial charge >= 0.3 is 0 Å². The van der Waals surface area contributed by atoms with Crippen LogP contribution in [0.1, 0.15) is 24.2 Å². The molecule has 0 radical (unpaired) electrons. The summed E-state index contributed by atoms with van der Waals surface area (Å²) in [7, 11) is 0. The van der Waals surface area contributed by atoms with Crippen molar-refractivity contribution in [3.05, 3.63) is 57.8 Å². The molecule has 2 aromatic carbocycles. The largest absolute Gasteiger partial charge is 0.453 e. The monoisotopic (exact) mass is 324 g/mol. The van der Waals surface area contributed by atoms with Crippen LogP contribution in [0.2, 0.25) is 0 Å². The van der Waals surface area contributed by atoms with Crippen LogP contribution in [-0.4, -0.2) is 5.11 Å². The zero-order valence-electron chi connectivity index (χ0n) is 10.7. The highest BCUT2D eigenvalue weighted by Crippen LogP contribution is 2.33.